The number of nitrogens with one attached hydrogen (secondary N) is 2. The zero-order valence-corrected chi connectivity index (χ0v) is 11.8. The maximum absolute atomic E-state index is 12.1. The van der Waals surface area contributed by atoms with Crippen LogP contribution < -0.4 is 10.6 Å². The summed E-state index contributed by atoms with van der Waals surface area (Å²) in [5.41, 5.74) is 1.55. The minimum Gasteiger partial charge on any atom is -0.384 e. The van der Waals surface area contributed by atoms with Gasteiger partial charge < -0.3 is 10.6 Å². The minimum absolute atomic E-state index is 0.00685. The lowest BCUT2D eigenvalue weighted by Crippen LogP contribution is -2.32. The highest BCUT2D eigenvalue weighted by molar-refractivity contribution is 5.94. The van der Waals surface area contributed by atoms with Gasteiger partial charge in [-0.1, -0.05) is 26.7 Å². The first-order valence-corrected chi connectivity index (χ1v) is 7.15. The van der Waals surface area contributed by atoms with Crippen LogP contribution in [0.25, 0.3) is 0 Å². The SMILES string of the molecule is CC(C)CNc1cncc(C(=O)NC2CCCC2)c1. The summed E-state index contributed by atoms with van der Waals surface area (Å²) in [4.78, 5) is 16.2. The Labute approximate surface area is 115 Å². The standard InChI is InChI=1S/C15H23N3O/c1-11(2)8-17-14-7-12(9-16-10-14)15(19)18-13-5-3-4-6-13/h7,9-11,13,17H,3-6,8H2,1-2H3,(H,18,19). The van der Waals surface area contributed by atoms with Crippen molar-refractivity contribution in [2.75, 3.05) is 11.9 Å². The number of hydrogen-bond acceptors (Lipinski definition) is 3. The molecule has 2 N–H and O–H groups in total. The average molecular weight is 261 g/mol. The van der Waals surface area contributed by atoms with Crippen molar-refractivity contribution in [2.24, 2.45) is 5.92 Å². The fourth-order valence-corrected chi connectivity index (χ4v) is 2.32. The average Bonchev–Trinajstić information content (AvgIpc) is 2.89. The molecule has 104 valence electrons. The second kappa shape index (κ2) is 6.55. The Morgan fingerprint density at radius 3 is 2.79 bits per heavy atom. The summed E-state index contributed by atoms with van der Waals surface area (Å²) in [5.74, 6) is 0.559. The van der Waals surface area contributed by atoms with E-state index in [0.29, 0.717) is 17.5 Å². The second-order valence-electron chi connectivity index (χ2n) is 5.69. The van der Waals surface area contributed by atoms with E-state index in [1.54, 1.807) is 12.4 Å². The van der Waals surface area contributed by atoms with Crippen molar-refractivity contribution in [3.63, 3.8) is 0 Å². The molecule has 1 aliphatic carbocycles. The number of amides is 1. The van der Waals surface area contributed by atoms with E-state index in [0.717, 1.165) is 25.1 Å². The van der Waals surface area contributed by atoms with Gasteiger partial charge in [-0.3, -0.25) is 9.78 Å². The van der Waals surface area contributed by atoms with Crippen LogP contribution in [-0.2, 0) is 0 Å². The van der Waals surface area contributed by atoms with Gasteiger partial charge in [0.1, 0.15) is 0 Å². The van der Waals surface area contributed by atoms with Crippen LogP contribution >= 0.6 is 0 Å². The van der Waals surface area contributed by atoms with Gasteiger partial charge >= 0.3 is 0 Å². The number of carbonyl (C=O) groups is 1. The number of hydrogen-bond donors (Lipinski definition) is 2. The maximum atomic E-state index is 12.1. The molecule has 1 aromatic heterocycles. The number of aromatic nitrogens is 1. The van der Waals surface area contributed by atoms with Crippen molar-refractivity contribution < 1.29 is 4.79 Å². The summed E-state index contributed by atoms with van der Waals surface area (Å²) in [6.07, 6.45) is 8.03. The molecule has 1 aromatic rings. The Morgan fingerprint density at radius 1 is 1.37 bits per heavy atom. The lowest BCUT2D eigenvalue weighted by atomic mass is 10.2. The largest absolute Gasteiger partial charge is 0.384 e. The summed E-state index contributed by atoms with van der Waals surface area (Å²) in [5, 5.41) is 6.37. The summed E-state index contributed by atoms with van der Waals surface area (Å²) in [7, 11) is 0. The highest BCUT2D eigenvalue weighted by atomic mass is 16.1. The number of carbonyl (C=O) groups excluding carboxylic acids is 1. The third-order valence-corrected chi connectivity index (χ3v) is 3.41. The summed E-state index contributed by atoms with van der Waals surface area (Å²) in [6.45, 7) is 5.18. The zero-order valence-electron chi connectivity index (χ0n) is 11.8. The van der Waals surface area contributed by atoms with Crippen LogP contribution in [0.2, 0.25) is 0 Å². The Balaban J connectivity index is 1.94. The van der Waals surface area contributed by atoms with Crippen LogP contribution in [0.15, 0.2) is 18.5 Å². The van der Waals surface area contributed by atoms with Crippen molar-refractivity contribution in [3.8, 4) is 0 Å². The van der Waals surface area contributed by atoms with Crippen molar-refractivity contribution >= 4 is 11.6 Å². The predicted octanol–water partition coefficient (Wildman–Crippen LogP) is 2.82. The quantitative estimate of drug-likeness (QED) is 0.857. The second-order valence-corrected chi connectivity index (χ2v) is 5.69. The summed E-state index contributed by atoms with van der Waals surface area (Å²) < 4.78 is 0. The fraction of sp³-hybridized carbons (Fsp3) is 0.600. The van der Waals surface area contributed by atoms with E-state index in [2.05, 4.69) is 29.5 Å². The van der Waals surface area contributed by atoms with Gasteiger partial charge in [-0.15, -0.1) is 0 Å². The van der Waals surface area contributed by atoms with Gasteiger partial charge in [0.2, 0.25) is 0 Å². The number of pyridine rings is 1. The van der Waals surface area contributed by atoms with Crippen LogP contribution in [-0.4, -0.2) is 23.5 Å². The Kier molecular flexibility index (Phi) is 4.77. The van der Waals surface area contributed by atoms with Gasteiger partial charge in [0, 0.05) is 25.0 Å². The molecule has 1 amide bonds. The van der Waals surface area contributed by atoms with Crippen molar-refractivity contribution in [1.29, 1.82) is 0 Å². The van der Waals surface area contributed by atoms with Crippen molar-refractivity contribution in [2.45, 2.75) is 45.6 Å². The fourth-order valence-electron chi connectivity index (χ4n) is 2.32. The normalized spacial score (nSPS) is 15.7. The van der Waals surface area contributed by atoms with Gasteiger partial charge in [-0.25, -0.2) is 0 Å². The van der Waals surface area contributed by atoms with Crippen molar-refractivity contribution in [1.82, 2.24) is 10.3 Å². The smallest absolute Gasteiger partial charge is 0.253 e. The van der Waals surface area contributed by atoms with E-state index >= 15 is 0 Å². The first-order valence-electron chi connectivity index (χ1n) is 7.15. The molecule has 1 aliphatic rings. The monoisotopic (exact) mass is 261 g/mol. The molecule has 0 aromatic carbocycles. The molecule has 0 unspecified atom stereocenters. The maximum Gasteiger partial charge on any atom is 0.253 e. The van der Waals surface area contributed by atoms with Crippen LogP contribution in [0.1, 0.15) is 49.9 Å². The third-order valence-electron chi connectivity index (χ3n) is 3.41. The third kappa shape index (κ3) is 4.23. The highest BCUT2D eigenvalue weighted by Gasteiger charge is 2.18. The lowest BCUT2D eigenvalue weighted by Gasteiger charge is -2.13. The number of rotatable bonds is 5. The molecule has 4 heteroatoms. The molecular weight excluding hydrogens is 238 g/mol. The molecule has 0 aliphatic heterocycles. The van der Waals surface area contributed by atoms with Crippen LogP contribution in [0.3, 0.4) is 0 Å². The summed E-state index contributed by atoms with van der Waals surface area (Å²) in [6, 6.07) is 2.22. The lowest BCUT2D eigenvalue weighted by molar-refractivity contribution is 0.0937. The highest BCUT2D eigenvalue weighted by Crippen LogP contribution is 2.18. The molecule has 1 fully saturated rings. The van der Waals surface area contributed by atoms with Crippen LogP contribution in [0, 0.1) is 5.92 Å². The Hall–Kier alpha value is -1.58. The van der Waals surface area contributed by atoms with Gasteiger partial charge in [-0.2, -0.15) is 0 Å². The first kappa shape index (κ1) is 13.8. The van der Waals surface area contributed by atoms with E-state index in [-0.39, 0.29) is 5.91 Å². The van der Waals surface area contributed by atoms with Crippen LogP contribution in [0.5, 0.6) is 0 Å². The number of nitrogens with zero attached hydrogens (tertiary/aromatic N) is 1. The predicted molar refractivity (Wildman–Crippen MR) is 77.3 cm³/mol. The molecule has 0 spiro atoms. The van der Waals surface area contributed by atoms with Gasteiger partial charge in [0.05, 0.1) is 11.3 Å². The Bertz CT molecular complexity index is 425. The van der Waals surface area contributed by atoms with E-state index in [1.807, 2.05) is 6.07 Å². The minimum atomic E-state index is -0.00685. The van der Waals surface area contributed by atoms with Gasteiger partial charge in [0.25, 0.3) is 5.91 Å². The van der Waals surface area contributed by atoms with E-state index in [4.69, 9.17) is 0 Å². The van der Waals surface area contributed by atoms with E-state index in [1.165, 1.54) is 12.8 Å². The Morgan fingerprint density at radius 2 is 2.11 bits per heavy atom. The molecule has 1 saturated carbocycles. The van der Waals surface area contributed by atoms with Crippen LogP contribution in [0.4, 0.5) is 5.69 Å². The molecule has 0 bridgehead atoms. The van der Waals surface area contributed by atoms with Gasteiger partial charge in [-0.05, 0) is 24.8 Å². The number of anilines is 1. The molecule has 19 heavy (non-hydrogen) atoms. The molecular formula is C15H23N3O. The molecule has 2 rings (SSSR count). The first-order chi connectivity index (χ1) is 9.15. The molecule has 1 heterocycles. The van der Waals surface area contributed by atoms with E-state index < -0.39 is 0 Å². The topological polar surface area (TPSA) is 54.0 Å². The molecule has 4 nitrogen and oxygen atoms in total. The molecule has 0 atom stereocenters. The molecule has 0 radical (unpaired) electrons. The van der Waals surface area contributed by atoms with Crippen molar-refractivity contribution in [3.05, 3.63) is 24.0 Å². The van der Waals surface area contributed by atoms with Gasteiger partial charge in [0.15, 0.2) is 0 Å². The van der Waals surface area contributed by atoms with E-state index in [9.17, 15) is 4.79 Å². The molecule has 0 saturated heterocycles. The summed E-state index contributed by atoms with van der Waals surface area (Å²) >= 11 is 0. The zero-order chi connectivity index (χ0) is 13.7.